The summed E-state index contributed by atoms with van der Waals surface area (Å²) in [6, 6.07) is 0. The molecule has 0 aromatic carbocycles. The highest BCUT2D eigenvalue weighted by Crippen LogP contribution is 2.39. The first-order valence-electron chi connectivity index (χ1n) is 24.3. The Hall–Kier alpha value is -3.24. The number of halogens is 3. The number of Topliss-reactive ketones (excluding diaryl/α,β-unsaturated/α-hetero) is 1. The van der Waals surface area contributed by atoms with Crippen LogP contribution >= 0.6 is 34.8 Å². The van der Waals surface area contributed by atoms with Gasteiger partial charge in [0, 0.05) is 91.0 Å². The molecular formula is C47H72Cl3NO27. The number of hydrogen-bond donors (Lipinski definition) is 1. The molecule has 0 amide bonds. The van der Waals surface area contributed by atoms with Crippen LogP contribution in [0.3, 0.4) is 0 Å². The van der Waals surface area contributed by atoms with Gasteiger partial charge >= 0.3 is 29.8 Å². The first-order valence-corrected chi connectivity index (χ1v) is 25.4. The molecule has 78 heavy (non-hydrogen) atoms. The second-order valence-corrected chi connectivity index (χ2v) is 20.2. The first kappa shape index (κ1) is 67.3. The highest BCUT2D eigenvalue weighted by atomic mass is 35.6. The lowest BCUT2D eigenvalue weighted by Crippen LogP contribution is -2.69. The number of carbonyl (C=O) groups excluding carboxylic acids is 6. The van der Waals surface area contributed by atoms with E-state index >= 15 is 0 Å². The van der Waals surface area contributed by atoms with Gasteiger partial charge in [0.05, 0.1) is 6.42 Å². The number of methoxy groups -OCH3 is 8. The number of carbonyl (C=O) groups is 6. The van der Waals surface area contributed by atoms with Crippen LogP contribution in [0.2, 0.25) is 0 Å². The van der Waals surface area contributed by atoms with E-state index in [-0.39, 0.29) is 18.6 Å². The summed E-state index contributed by atoms with van der Waals surface area (Å²) in [7, 11) is 10.6. The molecule has 20 atom stereocenters. The number of rotatable bonds is 27. The maximum Gasteiger partial charge on any atom is 0.306 e. The van der Waals surface area contributed by atoms with Gasteiger partial charge in [-0.15, -0.1) is 0 Å². The number of hydrogen-bond acceptors (Lipinski definition) is 28. The lowest BCUT2D eigenvalue weighted by Gasteiger charge is -2.51. The van der Waals surface area contributed by atoms with E-state index in [9.17, 15) is 28.8 Å². The number of esters is 5. The summed E-state index contributed by atoms with van der Waals surface area (Å²) >= 11 is 17.7. The van der Waals surface area contributed by atoms with Crippen LogP contribution in [0.1, 0.15) is 47.5 Å². The Morgan fingerprint density at radius 2 is 0.654 bits per heavy atom. The third kappa shape index (κ3) is 18.1. The van der Waals surface area contributed by atoms with E-state index in [4.69, 9.17) is 140 Å². The van der Waals surface area contributed by atoms with E-state index in [0.717, 1.165) is 6.92 Å². The van der Waals surface area contributed by atoms with E-state index in [1.54, 1.807) is 0 Å². The molecule has 0 aliphatic carbocycles. The molecule has 4 aliphatic heterocycles. The zero-order valence-corrected chi connectivity index (χ0v) is 47.7. The van der Waals surface area contributed by atoms with E-state index in [1.165, 1.54) is 84.6 Å². The highest BCUT2D eigenvalue weighted by Gasteiger charge is 2.59. The van der Waals surface area contributed by atoms with Gasteiger partial charge in [-0.2, -0.15) is 0 Å². The van der Waals surface area contributed by atoms with Gasteiger partial charge in [-0.25, -0.2) is 0 Å². The second-order valence-electron chi connectivity index (χ2n) is 17.9. The lowest BCUT2D eigenvalue weighted by molar-refractivity contribution is -0.393. The van der Waals surface area contributed by atoms with Gasteiger partial charge in [0.2, 0.25) is 12.2 Å². The van der Waals surface area contributed by atoms with Crippen molar-refractivity contribution in [1.29, 1.82) is 5.41 Å². The largest absolute Gasteiger partial charge is 0.463 e. The molecule has 4 heterocycles. The van der Waals surface area contributed by atoms with Gasteiger partial charge in [-0.05, 0) is 6.92 Å². The van der Waals surface area contributed by atoms with Crippen molar-refractivity contribution in [2.45, 2.75) is 174 Å². The topological polar surface area (TPSA) is 320 Å². The first-order chi connectivity index (χ1) is 36.9. The minimum atomic E-state index is -2.31. The maximum absolute atomic E-state index is 13.0. The molecule has 1 N–H and O–H groups in total. The lowest BCUT2D eigenvalue weighted by atomic mass is 9.95. The molecule has 0 bridgehead atoms. The standard InChI is InChI=1S/C47H72Cl3NO27/c1-20(52)14-15-29(57)74-30-25(16-66-21(2)53)70-42(38(62-10)34(30)58-6)75-31-26(17-67-22(3)54)71-43(39(63-11)35(31)59-7)76-32-27(18-68-23(4)55)72-44(40(64-12)36(32)60-8)77-33-28(19-69-24(5)56)73-45(41(65-13)37(33)61-9)78-46(51)47(48,49)50/h25-28,30-45,51H,14-19H2,1-13H3/t25-,26-,27-,28-,30-,31-,32-,33-,34+,35+,36+,37+,38-,39-,40-,41-,42-,43-,44-,45?/m1/s1. The van der Waals surface area contributed by atoms with Crippen LogP contribution in [0.5, 0.6) is 0 Å². The minimum absolute atomic E-state index is 0.0986. The Kier molecular flexibility index (Phi) is 27.5. The molecule has 31 heteroatoms. The van der Waals surface area contributed by atoms with E-state index < -0.39 is 189 Å². The second kappa shape index (κ2) is 31.8. The Balaban J connectivity index is 1.73. The molecule has 0 aromatic heterocycles. The molecule has 0 radical (unpaired) electrons. The van der Waals surface area contributed by atoms with Crippen LogP contribution < -0.4 is 0 Å². The fourth-order valence-corrected chi connectivity index (χ4v) is 9.24. The van der Waals surface area contributed by atoms with Gasteiger partial charge in [-0.1, -0.05) is 34.8 Å². The molecule has 0 saturated carbocycles. The zero-order valence-electron chi connectivity index (χ0n) is 45.4. The van der Waals surface area contributed by atoms with E-state index in [1.807, 2.05) is 0 Å². The van der Waals surface area contributed by atoms with Gasteiger partial charge < -0.3 is 104 Å². The molecule has 28 nitrogen and oxygen atoms in total. The minimum Gasteiger partial charge on any atom is -0.463 e. The van der Waals surface area contributed by atoms with Crippen LogP contribution in [-0.2, 0) is 128 Å². The summed E-state index contributed by atoms with van der Waals surface area (Å²) in [5.41, 5.74) is 0. The fourth-order valence-electron chi connectivity index (χ4n) is 9.11. The molecule has 4 rings (SSSR count). The normalized spacial score (nSPS) is 35.2. The molecule has 0 spiro atoms. The van der Waals surface area contributed by atoms with Crippen LogP contribution in [0.25, 0.3) is 0 Å². The summed E-state index contributed by atoms with van der Waals surface area (Å²) < 4.78 is 124. The summed E-state index contributed by atoms with van der Waals surface area (Å²) in [5, 5.41) is 8.21. The van der Waals surface area contributed by atoms with Crippen molar-refractivity contribution in [2.24, 2.45) is 0 Å². The van der Waals surface area contributed by atoms with Crippen LogP contribution in [0, 0.1) is 5.41 Å². The Bertz CT molecular complexity index is 1970. The highest BCUT2D eigenvalue weighted by molar-refractivity contribution is 6.76. The average molecular weight is 1190 g/mol. The van der Waals surface area contributed by atoms with Gasteiger partial charge in [0.15, 0.2) is 25.0 Å². The average Bonchev–Trinajstić information content (AvgIpc) is 3.42. The summed E-state index contributed by atoms with van der Waals surface area (Å²) in [6.07, 6.45) is -26.0. The Labute approximate surface area is 465 Å². The predicted molar refractivity (Wildman–Crippen MR) is 261 cm³/mol. The van der Waals surface area contributed by atoms with Crippen LogP contribution in [0.4, 0.5) is 0 Å². The number of ether oxygens (including phenoxy) is 21. The van der Waals surface area contributed by atoms with Crippen LogP contribution in [0.15, 0.2) is 0 Å². The van der Waals surface area contributed by atoms with Crippen molar-refractivity contribution in [3.8, 4) is 0 Å². The predicted octanol–water partition coefficient (Wildman–Crippen LogP) is 1.06. The smallest absolute Gasteiger partial charge is 0.306 e. The van der Waals surface area contributed by atoms with Crippen molar-refractivity contribution in [3.05, 3.63) is 0 Å². The molecule has 4 saturated heterocycles. The van der Waals surface area contributed by atoms with Gasteiger partial charge in [0.1, 0.15) is 124 Å². The molecule has 4 fully saturated rings. The number of nitrogens with one attached hydrogen (secondary N) is 1. The monoisotopic (exact) mass is 1190 g/mol. The number of ketones is 1. The fraction of sp³-hybridized carbons (Fsp3) is 0.851. The summed E-state index contributed by atoms with van der Waals surface area (Å²) in [4.78, 5) is 73.7. The van der Waals surface area contributed by atoms with E-state index in [2.05, 4.69) is 0 Å². The van der Waals surface area contributed by atoms with Crippen molar-refractivity contribution >= 4 is 76.3 Å². The van der Waals surface area contributed by atoms with Crippen molar-refractivity contribution < 1.29 is 128 Å². The molecule has 1 unspecified atom stereocenters. The number of alkyl halides is 3. The van der Waals surface area contributed by atoms with Crippen molar-refractivity contribution in [2.75, 3.05) is 83.3 Å². The summed E-state index contributed by atoms with van der Waals surface area (Å²) in [6.45, 7) is 4.11. The molecule has 448 valence electrons. The van der Waals surface area contributed by atoms with E-state index in [0.29, 0.717) is 0 Å². The Morgan fingerprint density at radius 1 is 0.385 bits per heavy atom. The quantitative estimate of drug-likeness (QED) is 0.0395. The van der Waals surface area contributed by atoms with Crippen molar-refractivity contribution in [3.63, 3.8) is 0 Å². The SMILES string of the molecule is CO[C@@H]1[C@@H](OC)[C@@H](O[C@H]2[C@H](OC)[C@@H](OC)[C@@H](O[C@H]3[C@H](OC)[C@@H](OC)[C@@H](O[C@H]4[C@H](OC)[C@@H](OC)C(OC(=N)C(Cl)(Cl)Cl)O[C@@H]4COC(C)=O)O[C@@H]3COC(C)=O)O[C@@H]2COC(C)=O)O[C@H](COC(C)=O)[C@H]1OC(=O)CCC(C)=O. The molecular weight excluding hydrogens is 1120 g/mol. The third-order valence-corrected chi connectivity index (χ3v) is 13.2. The van der Waals surface area contributed by atoms with Gasteiger partial charge in [-0.3, -0.25) is 29.4 Å². The molecule has 4 aliphatic rings. The van der Waals surface area contributed by atoms with Crippen LogP contribution in [-0.4, -0.2) is 251 Å². The maximum atomic E-state index is 13.0. The molecule has 0 aromatic rings. The Morgan fingerprint density at radius 3 is 0.923 bits per heavy atom. The zero-order chi connectivity index (χ0) is 58.2. The van der Waals surface area contributed by atoms with Crippen molar-refractivity contribution in [1.82, 2.24) is 0 Å². The third-order valence-electron chi connectivity index (χ3n) is 12.7. The van der Waals surface area contributed by atoms with Gasteiger partial charge in [0.25, 0.3) is 3.79 Å². The summed E-state index contributed by atoms with van der Waals surface area (Å²) in [5.74, 6) is -4.63.